The van der Waals surface area contributed by atoms with Crippen molar-refractivity contribution in [3.05, 3.63) is 36.0 Å². The summed E-state index contributed by atoms with van der Waals surface area (Å²) in [5, 5.41) is 4.87. The Morgan fingerprint density at radius 2 is 2.00 bits per heavy atom. The summed E-state index contributed by atoms with van der Waals surface area (Å²) >= 11 is 0. The quantitative estimate of drug-likeness (QED) is 0.857. The number of benzene rings is 1. The number of fused-ring (bicyclic) bond motifs is 1. The molecule has 0 amide bonds. The van der Waals surface area contributed by atoms with Crippen LogP contribution in [0.4, 0.5) is 0 Å². The number of nitrogens with zero attached hydrogens (tertiary/aromatic N) is 1. The van der Waals surface area contributed by atoms with Crippen molar-refractivity contribution >= 4 is 10.9 Å². The average molecular weight is 256 g/mol. The fraction of sp³-hybridized carbons (Fsp3) is 0.529. The molecule has 2 aromatic rings. The Morgan fingerprint density at radius 3 is 2.79 bits per heavy atom. The number of nitrogens with one attached hydrogen (secondary N) is 1. The molecule has 0 radical (unpaired) electrons. The van der Waals surface area contributed by atoms with Crippen LogP contribution < -0.4 is 5.32 Å². The highest BCUT2D eigenvalue weighted by Gasteiger charge is 2.17. The van der Waals surface area contributed by atoms with Gasteiger partial charge in [-0.25, -0.2) is 0 Å². The molecule has 0 bridgehead atoms. The Hall–Kier alpha value is -1.28. The van der Waals surface area contributed by atoms with E-state index in [1.165, 1.54) is 48.7 Å². The van der Waals surface area contributed by atoms with Gasteiger partial charge in [0.05, 0.1) is 0 Å². The monoisotopic (exact) mass is 256 g/mol. The van der Waals surface area contributed by atoms with Gasteiger partial charge in [0.2, 0.25) is 0 Å². The topological polar surface area (TPSA) is 17.0 Å². The maximum Gasteiger partial charge on any atom is 0.0483 e. The van der Waals surface area contributed by atoms with Gasteiger partial charge in [-0.3, -0.25) is 0 Å². The highest BCUT2D eigenvalue weighted by atomic mass is 15.0. The van der Waals surface area contributed by atoms with E-state index in [-0.39, 0.29) is 0 Å². The second-order valence-corrected chi connectivity index (χ2v) is 5.75. The third-order valence-corrected chi connectivity index (χ3v) is 4.37. The Kier molecular flexibility index (Phi) is 3.88. The summed E-state index contributed by atoms with van der Waals surface area (Å²) in [7, 11) is 0. The average Bonchev–Trinajstić information content (AvgIpc) is 3.06. The molecule has 1 aliphatic carbocycles. The first-order chi connectivity index (χ1) is 9.38. The molecule has 0 atom stereocenters. The normalized spacial score (nSPS) is 16.5. The number of hydrogen-bond acceptors (Lipinski definition) is 1. The highest BCUT2D eigenvalue weighted by Crippen LogP contribution is 2.29. The van der Waals surface area contributed by atoms with Gasteiger partial charge in [0.15, 0.2) is 0 Å². The Bertz CT molecular complexity index is 535. The molecule has 19 heavy (non-hydrogen) atoms. The predicted octanol–water partition coefficient (Wildman–Crippen LogP) is 3.94. The van der Waals surface area contributed by atoms with E-state index < -0.39 is 0 Å². The van der Waals surface area contributed by atoms with Crippen molar-refractivity contribution in [3.63, 3.8) is 0 Å². The van der Waals surface area contributed by atoms with Crippen molar-refractivity contribution in [1.29, 1.82) is 0 Å². The van der Waals surface area contributed by atoms with Crippen LogP contribution in [0, 0.1) is 5.92 Å². The van der Waals surface area contributed by atoms with E-state index >= 15 is 0 Å². The molecular formula is C17H24N2. The molecule has 2 nitrogen and oxygen atoms in total. The van der Waals surface area contributed by atoms with Crippen LogP contribution >= 0.6 is 0 Å². The van der Waals surface area contributed by atoms with E-state index in [0.717, 1.165) is 19.0 Å². The molecule has 1 aliphatic rings. The lowest BCUT2D eigenvalue weighted by Gasteiger charge is -2.11. The zero-order chi connectivity index (χ0) is 13.1. The second-order valence-electron chi connectivity index (χ2n) is 5.75. The fourth-order valence-corrected chi connectivity index (χ4v) is 3.35. The number of rotatable bonds is 5. The lowest BCUT2D eigenvalue weighted by atomic mass is 10.1. The minimum Gasteiger partial charge on any atom is -0.347 e. The van der Waals surface area contributed by atoms with E-state index in [4.69, 9.17) is 0 Å². The van der Waals surface area contributed by atoms with Gasteiger partial charge in [-0.05, 0) is 36.9 Å². The van der Waals surface area contributed by atoms with Gasteiger partial charge >= 0.3 is 0 Å². The van der Waals surface area contributed by atoms with E-state index in [0.29, 0.717) is 0 Å². The largest absolute Gasteiger partial charge is 0.347 e. The van der Waals surface area contributed by atoms with Crippen LogP contribution in [-0.2, 0) is 13.1 Å². The molecule has 0 aliphatic heterocycles. The van der Waals surface area contributed by atoms with Gasteiger partial charge in [-0.1, -0.05) is 38.0 Å². The van der Waals surface area contributed by atoms with Gasteiger partial charge < -0.3 is 9.88 Å². The van der Waals surface area contributed by atoms with Gasteiger partial charge in [0.25, 0.3) is 0 Å². The van der Waals surface area contributed by atoms with Crippen LogP contribution in [0.5, 0.6) is 0 Å². The molecular weight excluding hydrogens is 232 g/mol. The van der Waals surface area contributed by atoms with Crippen molar-refractivity contribution < 1.29 is 0 Å². The van der Waals surface area contributed by atoms with Gasteiger partial charge in [-0.15, -0.1) is 0 Å². The maximum atomic E-state index is 3.45. The van der Waals surface area contributed by atoms with Crippen LogP contribution in [0.2, 0.25) is 0 Å². The van der Waals surface area contributed by atoms with Crippen molar-refractivity contribution in [2.75, 3.05) is 6.54 Å². The minimum absolute atomic E-state index is 0.891. The zero-order valence-electron chi connectivity index (χ0n) is 11.9. The summed E-state index contributed by atoms with van der Waals surface area (Å²) in [6, 6.07) is 8.83. The molecule has 0 saturated heterocycles. The summed E-state index contributed by atoms with van der Waals surface area (Å²) in [4.78, 5) is 0. The molecule has 0 unspecified atom stereocenters. The van der Waals surface area contributed by atoms with E-state index in [1.807, 2.05) is 0 Å². The molecule has 0 spiro atoms. The van der Waals surface area contributed by atoms with Crippen molar-refractivity contribution in [2.45, 2.75) is 45.7 Å². The van der Waals surface area contributed by atoms with E-state index in [1.54, 1.807) is 0 Å². The third kappa shape index (κ3) is 2.69. The molecule has 1 aromatic carbocycles. The Morgan fingerprint density at radius 1 is 1.21 bits per heavy atom. The summed E-state index contributed by atoms with van der Waals surface area (Å²) in [6.45, 7) is 5.38. The van der Waals surface area contributed by atoms with Crippen LogP contribution in [0.25, 0.3) is 10.9 Å². The second kappa shape index (κ2) is 5.79. The summed E-state index contributed by atoms with van der Waals surface area (Å²) in [6.07, 6.45) is 8.04. The smallest absolute Gasteiger partial charge is 0.0483 e. The third-order valence-electron chi connectivity index (χ3n) is 4.37. The number of aromatic nitrogens is 1. The van der Waals surface area contributed by atoms with Crippen molar-refractivity contribution in [3.8, 4) is 0 Å². The molecule has 1 saturated carbocycles. The molecule has 1 aromatic heterocycles. The zero-order valence-corrected chi connectivity index (χ0v) is 11.9. The number of para-hydroxylation sites is 1. The first kappa shape index (κ1) is 12.7. The highest BCUT2D eigenvalue weighted by molar-refractivity contribution is 5.83. The van der Waals surface area contributed by atoms with E-state index in [9.17, 15) is 0 Å². The van der Waals surface area contributed by atoms with Crippen LogP contribution in [0.15, 0.2) is 30.5 Å². The van der Waals surface area contributed by atoms with Crippen molar-refractivity contribution in [1.82, 2.24) is 9.88 Å². The fourth-order valence-electron chi connectivity index (χ4n) is 3.35. The molecule has 1 fully saturated rings. The maximum absolute atomic E-state index is 3.45. The lowest BCUT2D eigenvalue weighted by molar-refractivity contribution is 0.465. The summed E-state index contributed by atoms with van der Waals surface area (Å²) < 4.78 is 2.48. The minimum atomic E-state index is 0.891. The lowest BCUT2D eigenvalue weighted by Crippen LogP contribution is -2.11. The molecule has 102 valence electrons. The van der Waals surface area contributed by atoms with Crippen LogP contribution in [0.3, 0.4) is 0 Å². The summed E-state index contributed by atoms with van der Waals surface area (Å²) in [5.74, 6) is 0.891. The molecule has 1 N–H and O–H groups in total. The van der Waals surface area contributed by atoms with Gasteiger partial charge in [0.1, 0.15) is 0 Å². The first-order valence-electron chi connectivity index (χ1n) is 7.66. The molecule has 2 heteroatoms. The first-order valence-corrected chi connectivity index (χ1v) is 7.66. The van der Waals surface area contributed by atoms with Gasteiger partial charge in [-0.2, -0.15) is 0 Å². The van der Waals surface area contributed by atoms with Crippen LogP contribution in [-0.4, -0.2) is 11.1 Å². The van der Waals surface area contributed by atoms with Gasteiger partial charge in [0, 0.05) is 30.2 Å². The SMILES string of the molecule is CCNCc1cn(CC2CCCC2)c2ccccc12. The Balaban J connectivity index is 1.89. The van der Waals surface area contributed by atoms with Crippen LogP contribution in [0.1, 0.15) is 38.2 Å². The molecule has 3 rings (SSSR count). The Labute approximate surface area is 115 Å². The predicted molar refractivity (Wildman–Crippen MR) is 81.3 cm³/mol. The van der Waals surface area contributed by atoms with E-state index in [2.05, 4.69) is 47.3 Å². The summed E-state index contributed by atoms with van der Waals surface area (Å²) in [5.41, 5.74) is 2.85. The molecule has 1 heterocycles. The van der Waals surface area contributed by atoms with Crippen molar-refractivity contribution in [2.24, 2.45) is 5.92 Å². The number of hydrogen-bond donors (Lipinski definition) is 1. The standard InChI is InChI=1S/C17H24N2/c1-2-18-11-15-13-19(12-14-7-3-4-8-14)17-10-6-5-9-16(15)17/h5-6,9-10,13-14,18H,2-4,7-8,11-12H2,1H3.